The fourth-order valence-electron chi connectivity index (χ4n) is 1.69. The average molecular weight is 333 g/mol. The van der Waals surface area contributed by atoms with Crippen molar-refractivity contribution >= 4 is 29.2 Å². The first-order valence-corrected chi connectivity index (χ1v) is 7.80. The highest BCUT2D eigenvalue weighted by Gasteiger charge is 2.17. The molecule has 2 N–H and O–H groups in total. The second-order valence-corrected chi connectivity index (χ2v) is 5.15. The first-order chi connectivity index (χ1) is 11.4. The second-order valence-electron chi connectivity index (χ2n) is 5.15. The Labute approximate surface area is 141 Å². The van der Waals surface area contributed by atoms with Gasteiger partial charge in [0, 0.05) is 23.4 Å². The Kier molecular flexibility index (Phi) is 7.61. The van der Waals surface area contributed by atoms with Gasteiger partial charge in [-0.3, -0.25) is 14.4 Å². The van der Waals surface area contributed by atoms with Crippen molar-refractivity contribution in [1.29, 1.82) is 0 Å². The van der Waals surface area contributed by atoms with E-state index in [0.717, 1.165) is 0 Å². The number of hydrazone groups is 1. The minimum atomic E-state index is -0.531. The number of benzene rings is 1. The van der Waals surface area contributed by atoms with Crippen molar-refractivity contribution in [3.8, 4) is 0 Å². The third kappa shape index (κ3) is 5.83. The highest BCUT2D eigenvalue weighted by molar-refractivity contribution is 6.02. The van der Waals surface area contributed by atoms with Crippen LogP contribution in [0, 0.1) is 5.92 Å². The van der Waals surface area contributed by atoms with Crippen LogP contribution >= 0.6 is 0 Å². The number of hydrogen-bond acceptors (Lipinski definition) is 5. The van der Waals surface area contributed by atoms with Crippen molar-refractivity contribution in [1.82, 2.24) is 5.43 Å². The summed E-state index contributed by atoms with van der Waals surface area (Å²) in [5, 5.41) is 6.63. The molecule has 1 rings (SSSR count). The molecular formula is C17H23N3O4. The van der Waals surface area contributed by atoms with E-state index in [2.05, 4.69) is 15.8 Å². The van der Waals surface area contributed by atoms with Gasteiger partial charge in [-0.2, -0.15) is 5.10 Å². The molecule has 7 nitrogen and oxygen atoms in total. The number of carbonyl (C=O) groups excluding carboxylic acids is 3. The van der Waals surface area contributed by atoms with E-state index in [1.54, 1.807) is 52.0 Å². The summed E-state index contributed by atoms with van der Waals surface area (Å²) in [6.45, 7) is 7.09. The van der Waals surface area contributed by atoms with E-state index in [0.29, 0.717) is 30.0 Å². The highest BCUT2D eigenvalue weighted by atomic mass is 16.5. The quantitative estimate of drug-likeness (QED) is 0.455. The molecule has 7 heteroatoms. The van der Waals surface area contributed by atoms with Crippen molar-refractivity contribution in [2.75, 3.05) is 11.9 Å². The summed E-state index contributed by atoms with van der Waals surface area (Å²) in [5.74, 6) is -1.42. The molecule has 2 amide bonds. The Bertz CT molecular complexity index is 623. The Morgan fingerprint density at radius 3 is 2.33 bits per heavy atom. The molecule has 0 saturated heterocycles. The normalized spacial score (nSPS) is 12.2. The number of carbonyl (C=O) groups is 3. The fourth-order valence-corrected chi connectivity index (χ4v) is 1.69. The molecule has 0 bridgehead atoms. The van der Waals surface area contributed by atoms with Crippen molar-refractivity contribution < 1.29 is 19.1 Å². The third-order valence-corrected chi connectivity index (χ3v) is 3.35. The summed E-state index contributed by atoms with van der Waals surface area (Å²) in [4.78, 5) is 34.9. The van der Waals surface area contributed by atoms with Gasteiger partial charge in [0.25, 0.3) is 5.91 Å². The maximum absolute atomic E-state index is 12.0. The van der Waals surface area contributed by atoms with E-state index in [9.17, 15) is 14.4 Å². The lowest BCUT2D eigenvalue weighted by atomic mass is 10.1. The smallest absolute Gasteiger partial charge is 0.314 e. The molecule has 130 valence electrons. The van der Waals surface area contributed by atoms with Gasteiger partial charge in [0.05, 0.1) is 12.5 Å². The topological polar surface area (TPSA) is 96.9 Å². The van der Waals surface area contributed by atoms with Gasteiger partial charge >= 0.3 is 5.97 Å². The van der Waals surface area contributed by atoms with Crippen molar-refractivity contribution in [3.05, 3.63) is 29.8 Å². The first-order valence-electron chi connectivity index (χ1n) is 7.80. The molecule has 1 aromatic carbocycles. The minimum Gasteiger partial charge on any atom is -0.465 e. The molecule has 0 aliphatic heterocycles. The SMILES string of the molecule is CCOC(=O)C(C)/C(C)=N\NC(=O)c1ccc(NC(=O)CC)cc1. The lowest BCUT2D eigenvalue weighted by molar-refractivity contribution is -0.145. The maximum Gasteiger partial charge on any atom is 0.314 e. The molecular weight excluding hydrogens is 310 g/mol. The summed E-state index contributed by atoms with van der Waals surface area (Å²) in [5.41, 5.74) is 3.87. The van der Waals surface area contributed by atoms with Crippen LogP contribution in [0.3, 0.4) is 0 Å². The first kappa shape index (κ1) is 19.3. The van der Waals surface area contributed by atoms with Crippen LogP contribution < -0.4 is 10.7 Å². The average Bonchev–Trinajstić information content (AvgIpc) is 2.59. The van der Waals surface area contributed by atoms with E-state index in [1.165, 1.54) is 0 Å². The van der Waals surface area contributed by atoms with Crippen LogP contribution in [-0.4, -0.2) is 30.1 Å². The molecule has 1 unspecified atom stereocenters. The lowest BCUT2D eigenvalue weighted by Crippen LogP contribution is -2.25. The standard InChI is InChI=1S/C17H23N3O4/c1-5-15(21)18-14-9-7-13(8-10-14)16(22)20-19-12(4)11(3)17(23)24-6-2/h7-11H,5-6H2,1-4H3,(H,18,21)(H,20,22)/b19-12-. The number of hydrogen-bond donors (Lipinski definition) is 2. The van der Waals surface area contributed by atoms with Gasteiger partial charge in [0.2, 0.25) is 5.91 Å². The van der Waals surface area contributed by atoms with Gasteiger partial charge in [-0.05, 0) is 45.0 Å². The van der Waals surface area contributed by atoms with E-state index in [4.69, 9.17) is 4.74 Å². The summed E-state index contributed by atoms with van der Waals surface area (Å²) in [6.07, 6.45) is 0.384. The molecule has 0 radical (unpaired) electrons. The molecule has 0 heterocycles. The zero-order valence-electron chi connectivity index (χ0n) is 14.4. The molecule has 0 aromatic heterocycles. The Hall–Kier alpha value is -2.70. The maximum atomic E-state index is 12.0. The molecule has 24 heavy (non-hydrogen) atoms. The number of nitrogens with one attached hydrogen (secondary N) is 2. The Balaban J connectivity index is 2.66. The largest absolute Gasteiger partial charge is 0.465 e. The third-order valence-electron chi connectivity index (χ3n) is 3.35. The monoisotopic (exact) mass is 333 g/mol. The number of rotatable bonds is 7. The van der Waals surface area contributed by atoms with Gasteiger partial charge in [-0.25, -0.2) is 5.43 Å². The van der Waals surface area contributed by atoms with E-state index in [-0.39, 0.29) is 11.9 Å². The molecule has 0 fully saturated rings. The van der Waals surface area contributed by atoms with Gasteiger partial charge in [-0.1, -0.05) is 6.92 Å². The zero-order chi connectivity index (χ0) is 18.1. The van der Waals surface area contributed by atoms with Gasteiger partial charge in [0.1, 0.15) is 0 Å². The van der Waals surface area contributed by atoms with E-state index >= 15 is 0 Å². The summed E-state index contributed by atoms with van der Waals surface area (Å²) in [7, 11) is 0. The summed E-state index contributed by atoms with van der Waals surface area (Å²) >= 11 is 0. The van der Waals surface area contributed by atoms with E-state index < -0.39 is 11.8 Å². The molecule has 0 aliphatic rings. The van der Waals surface area contributed by atoms with Crippen LogP contribution in [0.1, 0.15) is 44.5 Å². The van der Waals surface area contributed by atoms with Gasteiger partial charge in [-0.15, -0.1) is 0 Å². The number of esters is 1. The summed E-state index contributed by atoms with van der Waals surface area (Å²) in [6, 6.07) is 6.45. The minimum absolute atomic E-state index is 0.0969. The second kappa shape index (κ2) is 9.44. The molecule has 0 saturated carbocycles. The zero-order valence-corrected chi connectivity index (χ0v) is 14.4. The van der Waals surface area contributed by atoms with Crippen molar-refractivity contribution in [2.24, 2.45) is 11.0 Å². The van der Waals surface area contributed by atoms with Crippen LogP contribution in [-0.2, 0) is 14.3 Å². The molecule has 1 aromatic rings. The number of nitrogens with zero attached hydrogens (tertiary/aromatic N) is 1. The Morgan fingerprint density at radius 1 is 1.17 bits per heavy atom. The predicted molar refractivity (Wildman–Crippen MR) is 91.7 cm³/mol. The van der Waals surface area contributed by atoms with Crippen molar-refractivity contribution in [3.63, 3.8) is 0 Å². The fraction of sp³-hybridized carbons (Fsp3) is 0.412. The van der Waals surface area contributed by atoms with Gasteiger partial charge < -0.3 is 10.1 Å². The summed E-state index contributed by atoms with van der Waals surface area (Å²) < 4.78 is 4.90. The molecule has 0 aliphatic carbocycles. The van der Waals surface area contributed by atoms with Gasteiger partial charge in [0.15, 0.2) is 0 Å². The number of ether oxygens (including phenoxy) is 1. The van der Waals surface area contributed by atoms with Crippen LogP contribution in [0.2, 0.25) is 0 Å². The van der Waals surface area contributed by atoms with Crippen LogP contribution in [0.25, 0.3) is 0 Å². The van der Waals surface area contributed by atoms with Crippen molar-refractivity contribution in [2.45, 2.75) is 34.1 Å². The molecule has 1 atom stereocenters. The van der Waals surface area contributed by atoms with Crippen LogP contribution in [0.5, 0.6) is 0 Å². The predicted octanol–water partition coefficient (Wildman–Crippen LogP) is 2.34. The van der Waals surface area contributed by atoms with Crippen LogP contribution in [0.15, 0.2) is 29.4 Å². The molecule has 0 spiro atoms. The number of anilines is 1. The number of amides is 2. The highest BCUT2D eigenvalue weighted by Crippen LogP contribution is 2.10. The van der Waals surface area contributed by atoms with Crippen LogP contribution in [0.4, 0.5) is 5.69 Å². The Morgan fingerprint density at radius 2 is 1.79 bits per heavy atom. The van der Waals surface area contributed by atoms with E-state index in [1.807, 2.05) is 0 Å². The lowest BCUT2D eigenvalue weighted by Gasteiger charge is -2.10.